The Morgan fingerprint density at radius 3 is 2.85 bits per heavy atom. The molecule has 1 aliphatic heterocycles. The summed E-state index contributed by atoms with van der Waals surface area (Å²) in [6.45, 7) is 3.38. The van der Waals surface area contributed by atoms with Gasteiger partial charge in [-0.1, -0.05) is 35.3 Å². The normalized spacial score (nSPS) is 14.8. The molecule has 0 radical (unpaired) electrons. The maximum Gasteiger partial charge on any atom is 0.265 e. The number of hydrogen-bond acceptors (Lipinski definition) is 4. The van der Waals surface area contributed by atoms with E-state index < -0.39 is 6.10 Å². The number of rotatable bonds is 5. The number of nitrogens with zero attached hydrogens (tertiary/aromatic N) is 1. The topological polar surface area (TPSA) is 62.7 Å². The van der Waals surface area contributed by atoms with Crippen molar-refractivity contribution in [2.24, 2.45) is 4.99 Å². The minimum Gasteiger partial charge on any atom is -0.479 e. The molecule has 3 rings (SSSR count). The van der Waals surface area contributed by atoms with Gasteiger partial charge in [-0.25, -0.2) is 0 Å². The molecule has 1 atom stereocenters. The van der Waals surface area contributed by atoms with Crippen LogP contribution >= 0.6 is 23.2 Å². The van der Waals surface area contributed by atoms with Crippen LogP contribution in [-0.4, -0.2) is 30.9 Å². The second-order valence-electron chi connectivity index (χ2n) is 5.92. The van der Waals surface area contributed by atoms with Crippen LogP contribution in [-0.2, 0) is 4.79 Å². The SMILES string of the molecule is CC(Oc1ccc(Cl)cc1Cl)C(=O)Nc1cccc(C2=NCCCN2)c1. The highest BCUT2D eigenvalue weighted by molar-refractivity contribution is 6.35. The Labute approximate surface area is 162 Å². The molecule has 2 N–H and O–H groups in total. The first-order valence-corrected chi connectivity index (χ1v) is 9.10. The minimum atomic E-state index is -0.720. The number of hydrogen-bond donors (Lipinski definition) is 2. The minimum absolute atomic E-state index is 0.272. The van der Waals surface area contributed by atoms with Crippen LogP contribution in [0.4, 0.5) is 5.69 Å². The number of anilines is 1. The fourth-order valence-corrected chi connectivity index (χ4v) is 2.98. The van der Waals surface area contributed by atoms with E-state index in [4.69, 9.17) is 27.9 Å². The lowest BCUT2D eigenvalue weighted by Crippen LogP contribution is -2.31. The molecule has 0 spiro atoms. The van der Waals surface area contributed by atoms with Crippen molar-refractivity contribution in [1.82, 2.24) is 5.32 Å². The molecule has 5 nitrogen and oxygen atoms in total. The maximum atomic E-state index is 12.4. The van der Waals surface area contributed by atoms with Gasteiger partial charge in [0, 0.05) is 29.4 Å². The highest BCUT2D eigenvalue weighted by atomic mass is 35.5. The van der Waals surface area contributed by atoms with Crippen molar-refractivity contribution in [2.45, 2.75) is 19.4 Å². The average Bonchev–Trinajstić information content (AvgIpc) is 2.65. The predicted molar refractivity (Wildman–Crippen MR) is 106 cm³/mol. The van der Waals surface area contributed by atoms with E-state index in [2.05, 4.69) is 15.6 Å². The third kappa shape index (κ3) is 4.68. The van der Waals surface area contributed by atoms with Crippen LogP contribution < -0.4 is 15.4 Å². The molecule has 1 unspecified atom stereocenters. The maximum absolute atomic E-state index is 12.4. The molecule has 1 amide bonds. The molecule has 7 heteroatoms. The fraction of sp³-hybridized carbons (Fsp3) is 0.263. The van der Waals surface area contributed by atoms with Crippen LogP contribution in [0.15, 0.2) is 47.5 Å². The van der Waals surface area contributed by atoms with Gasteiger partial charge >= 0.3 is 0 Å². The van der Waals surface area contributed by atoms with Gasteiger partial charge in [0.15, 0.2) is 6.10 Å². The molecule has 0 saturated carbocycles. The van der Waals surface area contributed by atoms with Gasteiger partial charge < -0.3 is 15.4 Å². The number of amides is 1. The van der Waals surface area contributed by atoms with Gasteiger partial charge in [0.25, 0.3) is 5.91 Å². The van der Waals surface area contributed by atoms with Crippen LogP contribution in [0.25, 0.3) is 0 Å². The summed E-state index contributed by atoms with van der Waals surface area (Å²) in [4.78, 5) is 16.9. The van der Waals surface area contributed by atoms with Crippen LogP contribution in [0.2, 0.25) is 10.0 Å². The molecule has 26 heavy (non-hydrogen) atoms. The Morgan fingerprint density at radius 1 is 1.27 bits per heavy atom. The summed E-state index contributed by atoms with van der Waals surface area (Å²) in [5.74, 6) is 0.990. The highest BCUT2D eigenvalue weighted by Crippen LogP contribution is 2.28. The second kappa shape index (κ2) is 8.43. The Hall–Kier alpha value is -2.24. The molecule has 0 saturated heterocycles. The Kier molecular flexibility index (Phi) is 6.01. The molecule has 2 aromatic carbocycles. The summed E-state index contributed by atoms with van der Waals surface area (Å²) in [6, 6.07) is 12.4. The van der Waals surface area contributed by atoms with Gasteiger partial charge in [0.1, 0.15) is 11.6 Å². The lowest BCUT2D eigenvalue weighted by molar-refractivity contribution is -0.122. The molecule has 0 aromatic heterocycles. The molecule has 0 fully saturated rings. The van der Waals surface area contributed by atoms with E-state index in [0.29, 0.717) is 21.5 Å². The summed E-state index contributed by atoms with van der Waals surface area (Å²) >= 11 is 12.0. The monoisotopic (exact) mass is 391 g/mol. The number of ether oxygens (including phenoxy) is 1. The van der Waals surface area contributed by atoms with Crippen molar-refractivity contribution < 1.29 is 9.53 Å². The van der Waals surface area contributed by atoms with Gasteiger partial charge in [0.05, 0.1) is 5.02 Å². The van der Waals surface area contributed by atoms with E-state index in [1.165, 1.54) is 0 Å². The Balaban J connectivity index is 1.66. The number of carbonyl (C=O) groups excluding carboxylic acids is 1. The van der Waals surface area contributed by atoms with Crippen LogP contribution in [0, 0.1) is 0 Å². The van der Waals surface area contributed by atoms with E-state index in [1.807, 2.05) is 24.3 Å². The zero-order valence-electron chi connectivity index (χ0n) is 14.3. The first kappa shape index (κ1) is 18.5. The van der Waals surface area contributed by atoms with E-state index in [-0.39, 0.29) is 5.91 Å². The van der Waals surface area contributed by atoms with Crippen molar-refractivity contribution in [3.8, 4) is 5.75 Å². The predicted octanol–water partition coefficient (Wildman–Crippen LogP) is 4.14. The zero-order valence-corrected chi connectivity index (χ0v) is 15.8. The lowest BCUT2D eigenvalue weighted by atomic mass is 10.1. The standard InChI is InChI=1S/C19H19Cl2N3O2/c1-12(26-17-7-6-14(20)11-16(17)21)19(25)24-15-5-2-4-13(10-15)18-22-8-3-9-23-18/h2,4-7,10-12H,3,8-9H2,1H3,(H,22,23)(H,24,25). The number of benzene rings is 2. The van der Waals surface area contributed by atoms with E-state index in [0.717, 1.165) is 30.9 Å². The van der Waals surface area contributed by atoms with Gasteiger partial charge in [0.2, 0.25) is 0 Å². The number of halogens is 2. The number of amidine groups is 1. The van der Waals surface area contributed by atoms with Crippen LogP contribution in [0.1, 0.15) is 18.9 Å². The zero-order chi connectivity index (χ0) is 18.5. The molecule has 1 heterocycles. The van der Waals surface area contributed by atoms with E-state index in [9.17, 15) is 4.79 Å². The largest absolute Gasteiger partial charge is 0.479 e. The quantitative estimate of drug-likeness (QED) is 0.804. The highest BCUT2D eigenvalue weighted by Gasteiger charge is 2.17. The molecule has 0 bridgehead atoms. The average molecular weight is 392 g/mol. The molecule has 0 aliphatic carbocycles. The third-order valence-corrected chi connectivity index (χ3v) is 4.40. The number of aliphatic imine (C=N–C) groups is 1. The Bertz CT molecular complexity index is 839. The van der Waals surface area contributed by atoms with Gasteiger partial charge in [-0.15, -0.1) is 0 Å². The first-order chi connectivity index (χ1) is 12.5. The summed E-state index contributed by atoms with van der Waals surface area (Å²) in [7, 11) is 0. The second-order valence-corrected chi connectivity index (χ2v) is 6.76. The van der Waals surface area contributed by atoms with Gasteiger partial charge in [-0.2, -0.15) is 0 Å². The Morgan fingerprint density at radius 2 is 2.12 bits per heavy atom. The van der Waals surface area contributed by atoms with Gasteiger partial charge in [-0.3, -0.25) is 9.79 Å². The molecular formula is C19H19Cl2N3O2. The molecule has 136 valence electrons. The van der Waals surface area contributed by atoms with Crippen LogP contribution in [0.5, 0.6) is 5.75 Å². The summed E-state index contributed by atoms with van der Waals surface area (Å²) in [5.41, 5.74) is 1.62. The molecule has 2 aromatic rings. The lowest BCUT2D eigenvalue weighted by Gasteiger charge is -2.17. The van der Waals surface area contributed by atoms with Crippen molar-refractivity contribution in [3.63, 3.8) is 0 Å². The molecule has 1 aliphatic rings. The number of carbonyl (C=O) groups is 1. The third-order valence-electron chi connectivity index (χ3n) is 3.87. The van der Waals surface area contributed by atoms with E-state index in [1.54, 1.807) is 25.1 Å². The van der Waals surface area contributed by atoms with Crippen molar-refractivity contribution in [3.05, 3.63) is 58.1 Å². The van der Waals surface area contributed by atoms with Crippen molar-refractivity contribution in [1.29, 1.82) is 0 Å². The van der Waals surface area contributed by atoms with E-state index >= 15 is 0 Å². The van der Waals surface area contributed by atoms with Crippen molar-refractivity contribution in [2.75, 3.05) is 18.4 Å². The van der Waals surface area contributed by atoms with Gasteiger partial charge in [-0.05, 0) is 43.7 Å². The molecular weight excluding hydrogens is 373 g/mol. The number of nitrogens with one attached hydrogen (secondary N) is 2. The summed E-state index contributed by atoms with van der Waals surface area (Å²) < 4.78 is 5.64. The summed E-state index contributed by atoms with van der Waals surface area (Å²) in [6.07, 6.45) is 0.310. The summed E-state index contributed by atoms with van der Waals surface area (Å²) in [5, 5.41) is 7.00. The smallest absolute Gasteiger partial charge is 0.265 e. The van der Waals surface area contributed by atoms with Crippen molar-refractivity contribution >= 4 is 40.6 Å². The fourth-order valence-electron chi connectivity index (χ4n) is 2.53. The first-order valence-electron chi connectivity index (χ1n) is 8.34. The van der Waals surface area contributed by atoms with Crippen LogP contribution in [0.3, 0.4) is 0 Å².